The molecule has 0 bridgehead atoms. The van der Waals surface area contributed by atoms with Crippen LogP contribution in [0.5, 0.6) is 5.75 Å². The van der Waals surface area contributed by atoms with E-state index in [9.17, 15) is 14.7 Å². The second-order valence-corrected chi connectivity index (χ2v) is 12.2. The zero-order chi connectivity index (χ0) is 32.2. The van der Waals surface area contributed by atoms with Crippen LogP contribution in [0.1, 0.15) is 59.1 Å². The molecule has 10 nitrogen and oxygen atoms in total. The van der Waals surface area contributed by atoms with E-state index in [1.54, 1.807) is 31.0 Å². The predicted molar refractivity (Wildman–Crippen MR) is 172 cm³/mol. The van der Waals surface area contributed by atoms with Crippen molar-refractivity contribution >= 4 is 45.6 Å². The smallest absolute Gasteiger partial charge is 0.290 e. The molecule has 0 spiro atoms. The van der Waals surface area contributed by atoms with Gasteiger partial charge in [0.1, 0.15) is 23.0 Å². The van der Waals surface area contributed by atoms with Gasteiger partial charge in [0.15, 0.2) is 0 Å². The zero-order valence-corrected chi connectivity index (χ0v) is 27.5. The number of benzene rings is 2. The third-order valence-corrected chi connectivity index (χ3v) is 6.26. The summed E-state index contributed by atoms with van der Waals surface area (Å²) in [6.07, 6.45) is 0.697. The van der Waals surface area contributed by atoms with E-state index in [1.807, 2.05) is 45.0 Å². The summed E-state index contributed by atoms with van der Waals surface area (Å²) in [5, 5.41) is 29.0. The lowest BCUT2D eigenvalue weighted by Crippen LogP contribution is -2.34. The Kier molecular flexibility index (Phi) is 14.1. The number of nitrogens with one attached hydrogen (secondary N) is 4. The van der Waals surface area contributed by atoms with Gasteiger partial charge >= 0.3 is 0 Å². The number of hydrogen-bond acceptors (Lipinski definition) is 7. The summed E-state index contributed by atoms with van der Waals surface area (Å²) in [5.74, 6) is -0.150. The van der Waals surface area contributed by atoms with E-state index in [0.717, 1.165) is 15.6 Å². The maximum absolute atomic E-state index is 13.3. The average molecular weight is 647 g/mol. The fourth-order valence-electron chi connectivity index (χ4n) is 3.43. The number of aryl methyl sites for hydroxylation is 1. The van der Waals surface area contributed by atoms with Crippen LogP contribution < -0.4 is 21.3 Å². The molecular weight excluding hydrogens is 602 g/mol. The molecule has 0 aliphatic carbocycles. The zero-order valence-electron chi connectivity index (χ0n) is 25.9. The van der Waals surface area contributed by atoms with Crippen molar-refractivity contribution in [3.8, 4) is 5.75 Å². The van der Waals surface area contributed by atoms with Gasteiger partial charge in [-0.2, -0.15) is 0 Å². The van der Waals surface area contributed by atoms with Crippen molar-refractivity contribution in [2.24, 2.45) is 5.41 Å². The molecule has 6 N–H and O–H groups in total. The Bertz CT molecular complexity index is 1330. The first-order chi connectivity index (χ1) is 19.5. The second kappa shape index (κ2) is 16.5. The van der Waals surface area contributed by atoms with Crippen LogP contribution in [0.2, 0.25) is 0 Å². The van der Waals surface area contributed by atoms with Crippen molar-refractivity contribution in [2.75, 3.05) is 24.3 Å². The van der Waals surface area contributed by atoms with Crippen LogP contribution in [0.3, 0.4) is 0 Å². The molecule has 11 heteroatoms. The number of hydrogen-bond donors (Lipinski definition) is 6. The fraction of sp³-hybridized carbons (Fsp3) is 0.387. The first kappa shape index (κ1) is 36.0. The monoisotopic (exact) mass is 645 g/mol. The van der Waals surface area contributed by atoms with Gasteiger partial charge < -0.3 is 36.4 Å². The van der Waals surface area contributed by atoms with Crippen LogP contribution in [0.25, 0.3) is 0 Å². The molecule has 2 aromatic carbocycles. The van der Waals surface area contributed by atoms with Gasteiger partial charge in [0.25, 0.3) is 18.3 Å². The van der Waals surface area contributed by atoms with Gasteiger partial charge in [0.05, 0.1) is 6.67 Å². The van der Waals surface area contributed by atoms with Gasteiger partial charge in [-0.1, -0.05) is 62.7 Å². The number of aromatic hydroxyl groups is 1. The molecular formula is C31H44BrN5O5. The summed E-state index contributed by atoms with van der Waals surface area (Å²) >= 11 is 3.42. The van der Waals surface area contributed by atoms with Gasteiger partial charge in [-0.25, -0.2) is 0 Å². The molecule has 2 aromatic rings. The fourth-order valence-corrected chi connectivity index (χ4v) is 3.79. The van der Waals surface area contributed by atoms with Crippen molar-refractivity contribution < 1.29 is 24.6 Å². The molecule has 3 rings (SSSR count). The summed E-state index contributed by atoms with van der Waals surface area (Å²) < 4.78 is 0.844. The molecule has 0 saturated heterocycles. The molecule has 0 unspecified atom stereocenters. The minimum atomic E-state index is -0.437. The highest BCUT2D eigenvalue weighted by atomic mass is 79.9. The maximum Gasteiger partial charge on any atom is 0.290 e. The number of phenols is 1. The number of allylic oxidation sites excluding steroid dienone is 1. The van der Waals surface area contributed by atoms with E-state index in [1.165, 1.54) is 0 Å². The van der Waals surface area contributed by atoms with E-state index < -0.39 is 5.91 Å². The van der Waals surface area contributed by atoms with Crippen LogP contribution in [0.15, 0.2) is 63.7 Å². The number of carbonyl (C=O) groups excluding carboxylic acids is 2. The number of anilines is 2. The summed E-state index contributed by atoms with van der Waals surface area (Å²) in [5.41, 5.74) is 4.76. The number of amides is 2. The lowest BCUT2D eigenvalue weighted by molar-refractivity contribution is -0.123. The SMILES string of the molecule is CC(C)(C)C.CC/C(C)=C(\NC(=O)C1=C(C(=O)Nc2cc(Br)ccc2C)N(C)CN1)Nc1cccc(O)c1C.O=CO. The first-order valence-corrected chi connectivity index (χ1v) is 14.2. The third kappa shape index (κ3) is 11.5. The molecule has 1 aliphatic heterocycles. The highest BCUT2D eigenvalue weighted by Crippen LogP contribution is 2.26. The molecule has 42 heavy (non-hydrogen) atoms. The predicted octanol–water partition coefficient (Wildman–Crippen LogP) is 6.04. The summed E-state index contributed by atoms with van der Waals surface area (Å²) in [6.45, 7) is 16.4. The molecule has 0 saturated carbocycles. The Labute approximate surface area is 257 Å². The Morgan fingerprint density at radius 3 is 2.24 bits per heavy atom. The number of carboxylic acid groups (broad SMARTS) is 1. The summed E-state index contributed by atoms with van der Waals surface area (Å²) in [7, 11) is 1.75. The molecule has 1 aliphatic rings. The van der Waals surface area contributed by atoms with Crippen molar-refractivity contribution in [1.82, 2.24) is 15.5 Å². The van der Waals surface area contributed by atoms with Gasteiger partial charge in [-0.15, -0.1) is 0 Å². The molecule has 0 fully saturated rings. The number of rotatable bonds is 7. The van der Waals surface area contributed by atoms with Crippen LogP contribution in [-0.2, 0) is 14.4 Å². The highest BCUT2D eigenvalue weighted by molar-refractivity contribution is 9.10. The van der Waals surface area contributed by atoms with Crippen LogP contribution >= 0.6 is 15.9 Å². The quantitative estimate of drug-likeness (QED) is 0.200. The van der Waals surface area contributed by atoms with Gasteiger partial charge in [-0.3, -0.25) is 14.4 Å². The number of phenolic OH excluding ortho intramolecular Hbond substituents is 1. The highest BCUT2D eigenvalue weighted by Gasteiger charge is 2.30. The second-order valence-electron chi connectivity index (χ2n) is 11.3. The van der Waals surface area contributed by atoms with E-state index in [2.05, 4.69) is 64.9 Å². The van der Waals surface area contributed by atoms with E-state index in [4.69, 9.17) is 9.90 Å². The lowest BCUT2D eigenvalue weighted by atomic mass is 10.0. The normalized spacial score (nSPS) is 13.0. The molecule has 1 heterocycles. The first-order valence-electron chi connectivity index (χ1n) is 13.4. The van der Waals surface area contributed by atoms with Crippen LogP contribution in [0, 0.1) is 19.3 Å². The molecule has 2 amide bonds. The van der Waals surface area contributed by atoms with Crippen molar-refractivity contribution in [3.63, 3.8) is 0 Å². The Hall–Kier alpha value is -3.99. The molecule has 0 radical (unpaired) electrons. The third-order valence-electron chi connectivity index (χ3n) is 5.76. The van der Waals surface area contributed by atoms with Crippen LogP contribution in [-0.4, -0.2) is 47.1 Å². The molecule has 0 atom stereocenters. The number of carbonyl (C=O) groups is 3. The molecule has 0 aromatic heterocycles. The Morgan fingerprint density at radius 1 is 1.07 bits per heavy atom. The minimum absolute atomic E-state index is 0.161. The standard InChI is InChI=1S/C25H30BrN5O3.C5H12.CH2O2/c1-6-14(2)23(28-18-8-7-9-20(32)16(18)4)30-24(33)21-22(31(5)13-27-21)25(34)29-19-12-17(26)11-10-15(19)3;1-5(2,3)4;2-1-3/h7-12,27-28,32H,6,13H2,1-5H3,(H,29,34)(H,30,33);1-4H3;1H,(H,2,3)/b23-14-;;. The van der Waals surface area contributed by atoms with Gasteiger partial charge in [0.2, 0.25) is 0 Å². The van der Waals surface area contributed by atoms with E-state index >= 15 is 0 Å². The van der Waals surface area contributed by atoms with E-state index in [-0.39, 0.29) is 29.5 Å². The lowest BCUT2D eigenvalue weighted by Gasteiger charge is -2.19. The Balaban J connectivity index is 0.000000978. The summed E-state index contributed by atoms with van der Waals surface area (Å²) in [6, 6.07) is 10.8. The van der Waals surface area contributed by atoms with Crippen molar-refractivity contribution in [1.29, 1.82) is 0 Å². The number of likely N-dealkylation sites (N-methyl/N-ethyl adjacent to an activating group) is 1. The average Bonchev–Trinajstić information content (AvgIpc) is 3.29. The van der Waals surface area contributed by atoms with E-state index in [0.29, 0.717) is 41.3 Å². The van der Waals surface area contributed by atoms with Gasteiger partial charge in [-0.05, 0) is 68.0 Å². The minimum Gasteiger partial charge on any atom is -0.508 e. The van der Waals surface area contributed by atoms with Crippen molar-refractivity contribution in [3.05, 3.63) is 74.8 Å². The summed E-state index contributed by atoms with van der Waals surface area (Å²) in [4.78, 5) is 36.5. The van der Waals surface area contributed by atoms with Crippen molar-refractivity contribution in [2.45, 2.75) is 61.8 Å². The maximum atomic E-state index is 13.3. The largest absolute Gasteiger partial charge is 0.508 e. The number of nitrogens with zero attached hydrogens (tertiary/aromatic N) is 1. The van der Waals surface area contributed by atoms with Gasteiger partial charge in [0, 0.05) is 28.5 Å². The topological polar surface area (TPSA) is 143 Å². The Morgan fingerprint density at radius 2 is 1.67 bits per heavy atom. The number of halogens is 1. The van der Waals surface area contributed by atoms with Crippen LogP contribution in [0.4, 0.5) is 11.4 Å². The molecule has 230 valence electrons.